The van der Waals surface area contributed by atoms with Crippen LogP contribution in [-0.2, 0) is 125 Å². The molecule has 2 aromatic rings. The second-order valence-electron chi connectivity index (χ2n) is 19.1. The van der Waals surface area contributed by atoms with Gasteiger partial charge in [0, 0.05) is 33.5 Å². The molecule has 0 aliphatic carbocycles. The first-order chi connectivity index (χ1) is 44.5. The molecule has 2 rings (SSSR count). The van der Waals surface area contributed by atoms with Crippen molar-refractivity contribution in [3.8, 4) is 10.4 Å². The number of hydrogen-bond donors (Lipinski definition) is 0. The van der Waals surface area contributed by atoms with E-state index in [1.807, 2.05) is 24.6 Å². The number of carbonyl (C=O) groups is 2. The number of benzene rings is 1. The van der Waals surface area contributed by atoms with Gasteiger partial charge in [0.15, 0.2) is 0 Å². The molecule has 0 aliphatic rings. The molecule has 0 saturated carbocycles. The number of likely N-dealkylation sites (N-methyl/N-ethyl adjacent to an activating group) is 1. The lowest BCUT2D eigenvalue weighted by Gasteiger charge is -2.17. The average Bonchev–Trinajstić information content (AvgIpc) is 3.98. The lowest BCUT2D eigenvalue weighted by atomic mass is 10.1. The van der Waals surface area contributed by atoms with E-state index >= 15 is 0 Å². The van der Waals surface area contributed by atoms with E-state index in [-0.39, 0.29) is 43.7 Å². The summed E-state index contributed by atoms with van der Waals surface area (Å²) in [5, 5.41) is 0. The fourth-order valence-corrected chi connectivity index (χ4v) is 7.94. The van der Waals surface area contributed by atoms with E-state index in [9.17, 15) is 9.59 Å². The normalized spacial score (nSPS) is 11.5. The Labute approximate surface area is 551 Å². The molecule has 0 N–H and O–H groups in total. The number of aryl methyl sites for hydroxylation is 1. The zero-order valence-corrected chi connectivity index (χ0v) is 56.4. The lowest BCUT2D eigenvalue weighted by molar-refractivity contribution is -0.146. The van der Waals surface area contributed by atoms with Gasteiger partial charge < -0.3 is 114 Å². The van der Waals surface area contributed by atoms with Crippen LogP contribution in [0.4, 0.5) is 0 Å². The molecule has 1 aromatic carbocycles. The van der Waals surface area contributed by atoms with Crippen molar-refractivity contribution in [3.63, 3.8) is 0 Å². The third-order valence-electron chi connectivity index (χ3n) is 12.0. The molecule has 1 amide bonds. The van der Waals surface area contributed by atoms with Gasteiger partial charge >= 0.3 is 5.97 Å². The lowest BCUT2D eigenvalue weighted by Crippen LogP contribution is -2.30. The van der Waals surface area contributed by atoms with Crippen LogP contribution in [0.5, 0.6) is 0 Å². The summed E-state index contributed by atoms with van der Waals surface area (Å²) in [4.78, 5) is 31.7. The molecule has 29 heteroatoms. The van der Waals surface area contributed by atoms with Gasteiger partial charge in [0.25, 0.3) is 0 Å². The van der Waals surface area contributed by atoms with Gasteiger partial charge in [0.05, 0.1) is 313 Å². The van der Waals surface area contributed by atoms with Crippen molar-refractivity contribution in [1.82, 2.24) is 9.88 Å². The first kappa shape index (κ1) is 86.2. The van der Waals surface area contributed by atoms with Crippen LogP contribution in [0.1, 0.15) is 24.1 Å². The minimum absolute atomic E-state index is 0. The van der Waals surface area contributed by atoms with Crippen molar-refractivity contribution in [2.24, 2.45) is 0 Å². The summed E-state index contributed by atoms with van der Waals surface area (Å²) in [5.41, 5.74) is 5.05. The highest BCUT2D eigenvalue weighted by molar-refractivity contribution is 7.13. The molecule has 0 radical (unpaired) electrons. The van der Waals surface area contributed by atoms with Crippen LogP contribution < -0.4 is 0 Å². The molecule has 0 saturated heterocycles. The smallest absolute Gasteiger partial charge is 0.306 e. The summed E-state index contributed by atoms with van der Waals surface area (Å²) >= 11 is 1.61. The minimum atomic E-state index is -0.386. The first-order valence-electron chi connectivity index (χ1n) is 31.5. The van der Waals surface area contributed by atoms with Crippen molar-refractivity contribution < 1.29 is 119 Å². The Morgan fingerprint density at radius 1 is 0.363 bits per heavy atom. The van der Waals surface area contributed by atoms with Crippen LogP contribution in [-0.4, -0.2) is 333 Å². The number of methoxy groups -OCH3 is 1. The quantitative estimate of drug-likeness (QED) is 0.0672. The van der Waals surface area contributed by atoms with Crippen molar-refractivity contribution in [2.45, 2.75) is 26.2 Å². The zero-order valence-electron chi connectivity index (χ0n) is 54.7. The Morgan fingerprint density at radius 3 is 0.857 bits per heavy atom. The monoisotopic (exact) mass is 1350 g/mol. The molecule has 0 aliphatic heterocycles. The van der Waals surface area contributed by atoms with E-state index in [0.29, 0.717) is 297 Å². The first-order valence-corrected chi connectivity index (χ1v) is 32.4. The maximum Gasteiger partial charge on any atom is 0.306 e. The summed E-state index contributed by atoms with van der Waals surface area (Å²) < 4.78 is 126. The topological polar surface area (TPSA) is 263 Å². The third kappa shape index (κ3) is 59.4. The Balaban J connectivity index is 0.0000414. The fourth-order valence-electron chi connectivity index (χ4n) is 7.13. The predicted octanol–water partition coefficient (Wildman–Crippen LogP) is 3.86. The van der Waals surface area contributed by atoms with Crippen LogP contribution >= 0.6 is 23.7 Å². The largest absolute Gasteiger partial charge is 0.465 e. The van der Waals surface area contributed by atoms with Crippen LogP contribution in [0.25, 0.3) is 10.4 Å². The summed E-state index contributed by atoms with van der Waals surface area (Å²) in [6.45, 7) is 23.4. The Bertz CT molecular complexity index is 1820. The standard InChI is InChI=1S/C62H110N2O25S.ClH/c1-57-62(90-56-63-57)59-6-4-58(5-7-59)10-12-89-61(66)9-8-60(65)64(2)11-13-68-16-17-70-20-21-72-24-25-74-28-29-76-32-33-78-36-37-80-40-41-82-44-45-84-48-49-86-52-53-88-55-54-87-51-50-85-47-46-83-43-42-81-39-38-79-35-34-77-31-30-75-27-26-73-23-22-71-19-18-69-15-14-67-3;/h4-7,56H,8-55H2,1-3H3;1H. The summed E-state index contributed by atoms with van der Waals surface area (Å²) in [7, 11) is 3.33. The highest BCUT2D eigenvalue weighted by Gasteiger charge is 2.13. The number of esters is 1. The molecule has 532 valence electrons. The van der Waals surface area contributed by atoms with Crippen LogP contribution in [0.15, 0.2) is 29.8 Å². The summed E-state index contributed by atoms with van der Waals surface area (Å²) in [6, 6.07) is 8.17. The van der Waals surface area contributed by atoms with Gasteiger partial charge in [-0.3, -0.25) is 9.59 Å². The van der Waals surface area contributed by atoms with Crippen LogP contribution in [0.3, 0.4) is 0 Å². The van der Waals surface area contributed by atoms with Gasteiger partial charge in [-0.05, 0) is 18.1 Å². The molecular formula is C62H111ClN2O25S. The number of aromatic nitrogens is 1. The second kappa shape index (κ2) is 70.0. The Morgan fingerprint density at radius 2 is 0.615 bits per heavy atom. The summed E-state index contributed by atoms with van der Waals surface area (Å²) in [5.74, 6) is -0.525. The van der Waals surface area contributed by atoms with Crippen molar-refractivity contribution in [3.05, 3.63) is 41.0 Å². The van der Waals surface area contributed by atoms with Crippen molar-refractivity contribution in [1.29, 1.82) is 0 Å². The van der Waals surface area contributed by atoms with E-state index in [1.54, 1.807) is 30.4 Å². The van der Waals surface area contributed by atoms with Crippen LogP contribution in [0.2, 0.25) is 0 Å². The number of ether oxygens (including phenoxy) is 23. The number of nitrogens with zero attached hydrogens (tertiary/aromatic N) is 2. The average molecular weight is 1350 g/mol. The number of amides is 1. The van der Waals surface area contributed by atoms with Gasteiger partial charge in [-0.2, -0.15) is 0 Å². The van der Waals surface area contributed by atoms with E-state index < -0.39 is 0 Å². The SMILES string of the molecule is COCCOCCOCCOCCOCCOCCOCCOCCOCCOCCOCCOCCOCCOCCOCCOCCOCCOCCOCCOCCOCCOCCN(C)C(=O)CCC(=O)OCCc1ccc(-c2scnc2C)cc1.Cl. The predicted molar refractivity (Wildman–Crippen MR) is 340 cm³/mol. The van der Waals surface area contributed by atoms with E-state index in [2.05, 4.69) is 17.1 Å². The molecule has 1 aromatic heterocycles. The maximum atomic E-state index is 12.4. The number of carbonyl (C=O) groups excluding carboxylic acids is 2. The van der Waals surface area contributed by atoms with E-state index in [0.717, 1.165) is 21.7 Å². The van der Waals surface area contributed by atoms with Gasteiger partial charge in [-0.25, -0.2) is 4.98 Å². The van der Waals surface area contributed by atoms with Crippen LogP contribution in [0, 0.1) is 6.92 Å². The number of halogens is 1. The van der Waals surface area contributed by atoms with Gasteiger partial charge in [-0.1, -0.05) is 24.3 Å². The van der Waals surface area contributed by atoms with Crippen molar-refractivity contribution >= 4 is 35.6 Å². The molecule has 0 spiro atoms. The number of hydrogen-bond acceptors (Lipinski definition) is 27. The summed E-state index contributed by atoms with van der Waals surface area (Å²) in [6.07, 6.45) is 0.730. The minimum Gasteiger partial charge on any atom is -0.465 e. The molecule has 0 fully saturated rings. The molecule has 27 nitrogen and oxygen atoms in total. The highest BCUT2D eigenvalue weighted by atomic mass is 35.5. The maximum absolute atomic E-state index is 12.4. The Hall–Kier alpha value is -2.80. The fraction of sp³-hybridized carbons (Fsp3) is 0.823. The van der Waals surface area contributed by atoms with E-state index in [1.165, 1.54) is 0 Å². The molecule has 91 heavy (non-hydrogen) atoms. The molecule has 0 atom stereocenters. The molecular weight excluding hydrogens is 1240 g/mol. The zero-order chi connectivity index (χ0) is 64.2. The van der Waals surface area contributed by atoms with Gasteiger partial charge in [0.1, 0.15) is 0 Å². The van der Waals surface area contributed by atoms with E-state index in [4.69, 9.17) is 109 Å². The third-order valence-corrected chi connectivity index (χ3v) is 13.0. The molecule has 1 heterocycles. The van der Waals surface area contributed by atoms with Gasteiger partial charge in [-0.15, -0.1) is 23.7 Å². The van der Waals surface area contributed by atoms with Gasteiger partial charge in [0.2, 0.25) is 5.91 Å². The van der Waals surface area contributed by atoms with Crippen molar-refractivity contribution in [2.75, 3.05) is 311 Å². The number of thiazole rings is 1. The highest BCUT2D eigenvalue weighted by Crippen LogP contribution is 2.27. The second-order valence-corrected chi connectivity index (χ2v) is 20.0. The number of rotatable bonds is 73. The Kier molecular flexibility index (Phi) is 66.3. The molecule has 0 unspecified atom stereocenters. The molecule has 0 bridgehead atoms.